The molecule has 102 valence electrons. The van der Waals surface area contributed by atoms with Gasteiger partial charge in [0.15, 0.2) is 0 Å². The first kappa shape index (κ1) is 14.8. The van der Waals surface area contributed by atoms with E-state index >= 15 is 0 Å². The number of nitrogens with one attached hydrogen (secondary N) is 1. The van der Waals surface area contributed by atoms with E-state index < -0.39 is 11.9 Å². The Kier molecular flexibility index (Phi) is 6.15. The van der Waals surface area contributed by atoms with Crippen LogP contribution in [0.5, 0.6) is 5.75 Å². The minimum Gasteiger partial charge on any atom is -0.489 e. The minimum absolute atomic E-state index is 0.261. The maximum Gasteiger partial charge on any atom is 0.315 e. The van der Waals surface area contributed by atoms with Crippen molar-refractivity contribution in [2.75, 3.05) is 18.5 Å². The van der Waals surface area contributed by atoms with Crippen molar-refractivity contribution in [3.8, 4) is 5.75 Å². The number of amides is 1. The van der Waals surface area contributed by atoms with Gasteiger partial charge in [0.1, 0.15) is 18.8 Å². The van der Waals surface area contributed by atoms with E-state index in [4.69, 9.17) is 9.47 Å². The van der Waals surface area contributed by atoms with Gasteiger partial charge < -0.3 is 14.8 Å². The monoisotopic (exact) mass is 263 g/mol. The summed E-state index contributed by atoms with van der Waals surface area (Å²) in [6, 6.07) is 6.90. The van der Waals surface area contributed by atoms with Crippen LogP contribution in [0.2, 0.25) is 0 Å². The van der Waals surface area contributed by atoms with E-state index in [0.29, 0.717) is 18.0 Å². The summed E-state index contributed by atoms with van der Waals surface area (Å²) in [5.41, 5.74) is 0.566. The van der Waals surface area contributed by atoms with Crippen molar-refractivity contribution in [1.29, 1.82) is 0 Å². The van der Waals surface area contributed by atoms with Crippen molar-refractivity contribution in [2.24, 2.45) is 0 Å². The molecule has 0 unspecified atom stereocenters. The number of carbonyl (C=O) groups is 2. The van der Waals surface area contributed by atoms with E-state index in [2.05, 4.69) is 11.9 Å². The predicted octanol–water partition coefficient (Wildman–Crippen LogP) is 2.14. The van der Waals surface area contributed by atoms with Crippen LogP contribution in [-0.4, -0.2) is 25.1 Å². The van der Waals surface area contributed by atoms with E-state index in [-0.39, 0.29) is 13.0 Å². The topological polar surface area (TPSA) is 64.6 Å². The van der Waals surface area contributed by atoms with Crippen LogP contribution in [0.4, 0.5) is 5.69 Å². The molecule has 0 fully saturated rings. The maximum absolute atomic E-state index is 11.6. The molecule has 1 rings (SSSR count). The highest BCUT2D eigenvalue weighted by Gasteiger charge is 2.10. The van der Waals surface area contributed by atoms with Gasteiger partial charge in [-0.25, -0.2) is 0 Å². The van der Waals surface area contributed by atoms with E-state index in [9.17, 15) is 9.59 Å². The van der Waals surface area contributed by atoms with Gasteiger partial charge in [0.2, 0.25) is 5.91 Å². The van der Waals surface area contributed by atoms with Crippen LogP contribution in [0.1, 0.15) is 13.3 Å². The van der Waals surface area contributed by atoms with E-state index in [1.807, 2.05) is 0 Å². The van der Waals surface area contributed by atoms with Crippen LogP contribution in [0.3, 0.4) is 0 Å². The van der Waals surface area contributed by atoms with Crippen LogP contribution < -0.4 is 10.1 Å². The smallest absolute Gasteiger partial charge is 0.315 e. The Hall–Kier alpha value is -2.30. The number of benzene rings is 1. The first-order chi connectivity index (χ1) is 9.15. The average Bonchev–Trinajstić information content (AvgIpc) is 2.36. The summed E-state index contributed by atoms with van der Waals surface area (Å²) in [6.45, 7) is 5.89. The van der Waals surface area contributed by atoms with Crippen LogP contribution in [0.15, 0.2) is 36.9 Å². The minimum atomic E-state index is -0.543. The Morgan fingerprint density at radius 3 is 2.89 bits per heavy atom. The van der Waals surface area contributed by atoms with Crippen LogP contribution in [0, 0.1) is 0 Å². The molecule has 5 heteroatoms. The molecule has 19 heavy (non-hydrogen) atoms. The van der Waals surface area contributed by atoms with Crippen molar-refractivity contribution in [3.63, 3.8) is 0 Å². The second kappa shape index (κ2) is 7.92. The highest BCUT2D eigenvalue weighted by atomic mass is 16.5. The normalized spacial score (nSPS) is 9.53. The predicted molar refractivity (Wildman–Crippen MR) is 72.0 cm³/mol. The van der Waals surface area contributed by atoms with Gasteiger partial charge in [-0.3, -0.25) is 9.59 Å². The number of esters is 1. The Bertz CT molecular complexity index is 457. The lowest BCUT2D eigenvalue weighted by molar-refractivity contribution is -0.145. The zero-order chi connectivity index (χ0) is 14.1. The van der Waals surface area contributed by atoms with Crippen molar-refractivity contribution in [2.45, 2.75) is 13.3 Å². The second-order valence-electron chi connectivity index (χ2n) is 3.66. The Balaban J connectivity index is 2.54. The van der Waals surface area contributed by atoms with Crippen molar-refractivity contribution in [3.05, 3.63) is 36.9 Å². The molecule has 0 heterocycles. The molecule has 0 saturated heterocycles. The molecular formula is C14H17NO4. The molecule has 1 aromatic rings. The number of hydrogen-bond donors (Lipinski definition) is 1. The zero-order valence-electron chi connectivity index (χ0n) is 10.8. The van der Waals surface area contributed by atoms with Crippen molar-refractivity contribution < 1.29 is 19.1 Å². The standard InChI is InChI=1S/C14H17NO4/c1-3-8-19-12-7-5-6-11(9-12)15-13(16)10-14(17)18-4-2/h3,5-7,9H,1,4,8,10H2,2H3,(H,15,16). The third kappa shape index (κ3) is 5.72. The molecule has 0 aliphatic rings. The molecular weight excluding hydrogens is 246 g/mol. The highest BCUT2D eigenvalue weighted by molar-refractivity contribution is 6.01. The number of ether oxygens (including phenoxy) is 2. The summed E-state index contributed by atoms with van der Waals surface area (Å²) in [6.07, 6.45) is 1.33. The number of carbonyl (C=O) groups excluding carboxylic acids is 2. The molecule has 0 atom stereocenters. The summed E-state index contributed by atoms with van der Waals surface area (Å²) >= 11 is 0. The molecule has 1 amide bonds. The Labute approximate surface area is 112 Å². The number of anilines is 1. The summed E-state index contributed by atoms with van der Waals surface area (Å²) in [5, 5.41) is 2.60. The van der Waals surface area contributed by atoms with Gasteiger partial charge in [0, 0.05) is 11.8 Å². The van der Waals surface area contributed by atoms with Crippen LogP contribution in [0.25, 0.3) is 0 Å². The summed E-state index contributed by atoms with van der Waals surface area (Å²) in [4.78, 5) is 22.7. The van der Waals surface area contributed by atoms with Gasteiger partial charge in [-0.2, -0.15) is 0 Å². The Morgan fingerprint density at radius 2 is 2.21 bits per heavy atom. The number of hydrogen-bond acceptors (Lipinski definition) is 4. The van der Waals surface area contributed by atoms with E-state index in [1.54, 1.807) is 37.3 Å². The molecule has 0 saturated carbocycles. The fraction of sp³-hybridized carbons (Fsp3) is 0.286. The molecule has 0 aliphatic carbocycles. The first-order valence-electron chi connectivity index (χ1n) is 5.95. The molecule has 0 spiro atoms. The maximum atomic E-state index is 11.6. The van der Waals surface area contributed by atoms with Gasteiger partial charge in [-0.05, 0) is 19.1 Å². The lowest BCUT2D eigenvalue weighted by atomic mass is 10.3. The molecule has 5 nitrogen and oxygen atoms in total. The fourth-order valence-corrected chi connectivity index (χ4v) is 1.37. The van der Waals surface area contributed by atoms with Gasteiger partial charge in [-0.15, -0.1) is 0 Å². The van der Waals surface area contributed by atoms with Crippen molar-refractivity contribution >= 4 is 17.6 Å². The second-order valence-corrected chi connectivity index (χ2v) is 3.66. The van der Waals surface area contributed by atoms with E-state index in [0.717, 1.165) is 0 Å². The van der Waals surface area contributed by atoms with Gasteiger partial charge in [0.05, 0.1) is 6.61 Å². The SMILES string of the molecule is C=CCOc1cccc(NC(=O)CC(=O)OCC)c1. The van der Waals surface area contributed by atoms with E-state index in [1.165, 1.54) is 0 Å². The van der Waals surface area contributed by atoms with Crippen LogP contribution >= 0.6 is 0 Å². The highest BCUT2D eigenvalue weighted by Crippen LogP contribution is 2.17. The zero-order valence-corrected chi connectivity index (χ0v) is 10.8. The van der Waals surface area contributed by atoms with Crippen LogP contribution in [-0.2, 0) is 14.3 Å². The lowest BCUT2D eigenvalue weighted by Gasteiger charge is -2.07. The van der Waals surface area contributed by atoms with Gasteiger partial charge >= 0.3 is 5.97 Å². The first-order valence-corrected chi connectivity index (χ1v) is 5.95. The molecule has 1 N–H and O–H groups in total. The Morgan fingerprint density at radius 1 is 1.42 bits per heavy atom. The summed E-state index contributed by atoms with van der Waals surface area (Å²) < 4.78 is 10.0. The third-order valence-corrected chi connectivity index (χ3v) is 2.10. The lowest BCUT2D eigenvalue weighted by Crippen LogP contribution is -2.18. The largest absolute Gasteiger partial charge is 0.489 e. The quantitative estimate of drug-likeness (QED) is 0.465. The molecule has 0 aliphatic heterocycles. The van der Waals surface area contributed by atoms with Gasteiger partial charge in [-0.1, -0.05) is 18.7 Å². The fourth-order valence-electron chi connectivity index (χ4n) is 1.37. The van der Waals surface area contributed by atoms with Gasteiger partial charge in [0.25, 0.3) is 0 Å². The third-order valence-electron chi connectivity index (χ3n) is 2.10. The average molecular weight is 263 g/mol. The van der Waals surface area contributed by atoms with Crippen molar-refractivity contribution in [1.82, 2.24) is 0 Å². The summed E-state index contributed by atoms with van der Waals surface area (Å²) in [7, 11) is 0. The molecule has 1 aromatic carbocycles. The molecule has 0 bridgehead atoms. The molecule has 0 radical (unpaired) electrons. The number of rotatable bonds is 7. The molecule has 0 aromatic heterocycles. The summed E-state index contributed by atoms with van der Waals surface area (Å²) in [5.74, 6) is -0.341.